The number of aliphatic imine (C=N–C) groups is 1. The van der Waals surface area contributed by atoms with E-state index >= 15 is 0 Å². The molecule has 1 aliphatic rings. The minimum Gasteiger partial charge on any atom is -0.478 e. The monoisotopic (exact) mass is 333 g/mol. The van der Waals surface area contributed by atoms with Crippen molar-refractivity contribution in [3.63, 3.8) is 0 Å². The Hall–Kier alpha value is 0.630. The van der Waals surface area contributed by atoms with Crippen molar-refractivity contribution in [1.29, 1.82) is 0 Å². The molecule has 0 radical (unpaired) electrons. The Balaban J connectivity index is 2.65. The molecule has 0 saturated heterocycles. The molecule has 0 aromatic carbocycles. The average Bonchev–Trinajstić information content (AvgIpc) is 2.41. The SMILES string of the molecule is CC1(C)COC(CC(C)(C)C(Cl)CC(Cl)(Cl)Cl)=N1. The topological polar surface area (TPSA) is 21.6 Å². The van der Waals surface area contributed by atoms with Crippen LogP contribution in [-0.2, 0) is 4.74 Å². The normalized spacial score (nSPS) is 21.4. The molecule has 0 bridgehead atoms. The fourth-order valence-corrected chi connectivity index (χ4v) is 2.74. The lowest BCUT2D eigenvalue weighted by Gasteiger charge is -2.31. The first-order valence-electron chi connectivity index (χ1n) is 5.84. The molecule has 106 valence electrons. The van der Waals surface area contributed by atoms with Crippen LogP contribution in [0.15, 0.2) is 4.99 Å². The van der Waals surface area contributed by atoms with E-state index in [1.54, 1.807) is 0 Å². The zero-order chi connectivity index (χ0) is 14.2. The van der Waals surface area contributed by atoms with Crippen molar-refractivity contribution >= 4 is 52.3 Å². The summed E-state index contributed by atoms with van der Waals surface area (Å²) in [6.07, 6.45) is 0.939. The van der Waals surface area contributed by atoms with Gasteiger partial charge in [0.25, 0.3) is 0 Å². The molecule has 0 N–H and O–H groups in total. The molecule has 6 heteroatoms. The van der Waals surface area contributed by atoms with Crippen molar-refractivity contribution in [2.24, 2.45) is 10.4 Å². The highest BCUT2D eigenvalue weighted by Crippen LogP contribution is 2.41. The van der Waals surface area contributed by atoms with Gasteiger partial charge < -0.3 is 4.74 Å². The van der Waals surface area contributed by atoms with Crippen LogP contribution in [0.1, 0.15) is 40.5 Å². The molecule has 0 spiro atoms. The van der Waals surface area contributed by atoms with Crippen molar-refractivity contribution in [2.75, 3.05) is 6.61 Å². The second-order valence-electron chi connectivity index (χ2n) is 6.06. The number of halogens is 4. The Morgan fingerprint density at radius 2 is 1.89 bits per heavy atom. The van der Waals surface area contributed by atoms with Gasteiger partial charge in [-0.05, 0) is 19.3 Å². The van der Waals surface area contributed by atoms with Crippen LogP contribution in [0.2, 0.25) is 0 Å². The Bertz CT molecular complexity index is 333. The maximum absolute atomic E-state index is 6.34. The molecule has 0 aliphatic carbocycles. The Kier molecular flexibility index (Phi) is 5.15. The maximum Gasteiger partial charge on any atom is 0.192 e. The van der Waals surface area contributed by atoms with Crippen LogP contribution in [0, 0.1) is 5.41 Å². The first-order chi connectivity index (χ1) is 7.91. The molecule has 1 atom stereocenters. The van der Waals surface area contributed by atoms with E-state index < -0.39 is 3.79 Å². The first kappa shape index (κ1) is 16.7. The van der Waals surface area contributed by atoms with E-state index in [1.165, 1.54) is 0 Å². The number of alkyl halides is 4. The van der Waals surface area contributed by atoms with Gasteiger partial charge in [0.15, 0.2) is 9.69 Å². The van der Waals surface area contributed by atoms with Crippen LogP contribution in [0.4, 0.5) is 0 Å². The molecule has 0 saturated carbocycles. The van der Waals surface area contributed by atoms with Gasteiger partial charge in [-0.25, -0.2) is 4.99 Å². The molecular formula is C12H19Cl4NO. The zero-order valence-corrected chi connectivity index (χ0v) is 14.1. The lowest BCUT2D eigenvalue weighted by Crippen LogP contribution is -2.31. The van der Waals surface area contributed by atoms with Gasteiger partial charge in [-0.3, -0.25) is 0 Å². The van der Waals surface area contributed by atoms with Crippen LogP contribution < -0.4 is 0 Å². The Morgan fingerprint density at radius 3 is 2.28 bits per heavy atom. The summed E-state index contributed by atoms with van der Waals surface area (Å²) in [5.41, 5.74) is -0.396. The third kappa shape index (κ3) is 5.32. The van der Waals surface area contributed by atoms with Gasteiger partial charge in [0.1, 0.15) is 6.61 Å². The van der Waals surface area contributed by atoms with E-state index in [0.717, 1.165) is 5.90 Å². The minimum absolute atomic E-state index is 0.150. The second-order valence-corrected chi connectivity index (χ2v) is 9.10. The van der Waals surface area contributed by atoms with Crippen LogP contribution >= 0.6 is 46.4 Å². The largest absolute Gasteiger partial charge is 0.478 e. The van der Waals surface area contributed by atoms with E-state index in [1.807, 2.05) is 27.7 Å². The van der Waals surface area contributed by atoms with Gasteiger partial charge in [-0.2, -0.15) is 0 Å². The summed E-state index contributed by atoms with van der Waals surface area (Å²) in [4.78, 5) is 4.52. The predicted octanol–water partition coefficient (Wildman–Crippen LogP) is 4.98. The fourth-order valence-electron chi connectivity index (χ4n) is 1.73. The summed E-state index contributed by atoms with van der Waals surface area (Å²) in [5, 5.41) is -0.264. The average molecular weight is 335 g/mol. The van der Waals surface area contributed by atoms with E-state index in [0.29, 0.717) is 19.4 Å². The van der Waals surface area contributed by atoms with Gasteiger partial charge in [0, 0.05) is 18.2 Å². The maximum atomic E-state index is 6.34. The summed E-state index contributed by atoms with van der Waals surface area (Å²) in [6, 6.07) is 0. The molecule has 1 aliphatic heterocycles. The molecule has 1 unspecified atom stereocenters. The quantitative estimate of drug-likeness (QED) is 0.664. The highest BCUT2D eigenvalue weighted by atomic mass is 35.6. The highest BCUT2D eigenvalue weighted by molar-refractivity contribution is 6.67. The van der Waals surface area contributed by atoms with E-state index in [9.17, 15) is 0 Å². The minimum atomic E-state index is -1.33. The van der Waals surface area contributed by atoms with Crippen molar-refractivity contribution in [2.45, 2.75) is 55.2 Å². The number of ether oxygens (including phenoxy) is 1. The van der Waals surface area contributed by atoms with Crippen molar-refractivity contribution in [3.05, 3.63) is 0 Å². The molecule has 0 amide bonds. The van der Waals surface area contributed by atoms with E-state index in [2.05, 4.69) is 4.99 Å². The van der Waals surface area contributed by atoms with Gasteiger partial charge in [-0.1, -0.05) is 48.7 Å². The summed E-state index contributed by atoms with van der Waals surface area (Å²) in [5.74, 6) is 0.736. The van der Waals surface area contributed by atoms with Crippen LogP contribution in [-0.4, -0.2) is 27.2 Å². The lowest BCUT2D eigenvalue weighted by molar-refractivity contribution is 0.254. The second kappa shape index (κ2) is 5.55. The number of nitrogens with zero attached hydrogens (tertiary/aromatic N) is 1. The molecule has 1 rings (SSSR count). The standard InChI is InChI=1S/C12H19Cl4NO/c1-10(2,8(13)5-12(14,15)16)6-9-17-11(3,4)7-18-9/h8H,5-7H2,1-4H3. The van der Waals surface area contributed by atoms with Gasteiger partial charge in [-0.15, -0.1) is 11.6 Å². The predicted molar refractivity (Wildman–Crippen MR) is 80.4 cm³/mol. The number of hydrogen-bond donors (Lipinski definition) is 0. The highest BCUT2D eigenvalue weighted by Gasteiger charge is 2.37. The van der Waals surface area contributed by atoms with Crippen molar-refractivity contribution in [1.82, 2.24) is 0 Å². The van der Waals surface area contributed by atoms with Crippen molar-refractivity contribution < 1.29 is 4.74 Å². The third-order valence-electron chi connectivity index (χ3n) is 2.88. The van der Waals surface area contributed by atoms with Crippen molar-refractivity contribution in [3.8, 4) is 0 Å². The van der Waals surface area contributed by atoms with Crippen LogP contribution in [0.3, 0.4) is 0 Å². The number of hydrogen-bond acceptors (Lipinski definition) is 2. The summed E-state index contributed by atoms with van der Waals surface area (Å²) < 4.78 is 4.24. The van der Waals surface area contributed by atoms with Crippen LogP contribution in [0.25, 0.3) is 0 Å². The number of rotatable bonds is 4. The summed E-state index contributed by atoms with van der Waals surface area (Å²) in [7, 11) is 0. The summed E-state index contributed by atoms with van der Waals surface area (Å²) >= 11 is 23.7. The van der Waals surface area contributed by atoms with Crippen LogP contribution in [0.5, 0.6) is 0 Å². The molecule has 0 fully saturated rings. The molecule has 0 aromatic heterocycles. The molecule has 0 aromatic rings. The molecule has 1 heterocycles. The summed E-state index contributed by atoms with van der Waals surface area (Å²) in [6.45, 7) is 8.73. The van der Waals surface area contributed by atoms with Gasteiger partial charge >= 0.3 is 0 Å². The fraction of sp³-hybridized carbons (Fsp3) is 0.917. The zero-order valence-electron chi connectivity index (χ0n) is 11.1. The van der Waals surface area contributed by atoms with E-state index in [-0.39, 0.29) is 16.3 Å². The smallest absolute Gasteiger partial charge is 0.192 e. The first-order valence-corrected chi connectivity index (χ1v) is 7.41. The Labute approximate surface area is 129 Å². The third-order valence-corrected chi connectivity index (χ3v) is 4.09. The Morgan fingerprint density at radius 1 is 1.33 bits per heavy atom. The molecular weight excluding hydrogens is 316 g/mol. The lowest BCUT2D eigenvalue weighted by atomic mass is 9.84. The van der Waals surface area contributed by atoms with Gasteiger partial charge in [0.2, 0.25) is 0 Å². The van der Waals surface area contributed by atoms with Gasteiger partial charge in [0.05, 0.1) is 5.54 Å². The van der Waals surface area contributed by atoms with E-state index in [4.69, 9.17) is 51.1 Å². The molecule has 2 nitrogen and oxygen atoms in total. The molecule has 18 heavy (non-hydrogen) atoms.